The number of methoxy groups -OCH3 is 2. The Bertz CT molecular complexity index is 1630. The number of hydrogen-bond acceptors (Lipinski definition) is 7. The summed E-state index contributed by atoms with van der Waals surface area (Å²) in [7, 11) is 4.79. The fraction of sp³-hybridized carbons (Fsp3) is 0.333. The van der Waals surface area contributed by atoms with Gasteiger partial charge in [0, 0.05) is 13.6 Å². The first-order valence-corrected chi connectivity index (χ1v) is 12.8. The molecule has 0 radical (unpaired) electrons. The molecule has 0 N–H and O–H groups in total. The second-order valence-corrected chi connectivity index (χ2v) is 10.6. The van der Waals surface area contributed by atoms with Gasteiger partial charge in [0.05, 0.1) is 26.0 Å². The molecular weight excluding hydrogens is 496 g/mol. The van der Waals surface area contributed by atoms with Crippen molar-refractivity contribution in [3.63, 3.8) is 0 Å². The van der Waals surface area contributed by atoms with E-state index >= 15 is 0 Å². The zero-order chi connectivity index (χ0) is 27.9. The summed E-state index contributed by atoms with van der Waals surface area (Å²) in [5, 5.41) is 4.70. The molecular formula is C30H32N4O5. The van der Waals surface area contributed by atoms with E-state index in [0.29, 0.717) is 40.5 Å². The number of aryl methyl sites for hydroxylation is 1. The van der Waals surface area contributed by atoms with Gasteiger partial charge in [-0.25, -0.2) is 9.78 Å². The molecule has 2 aromatic carbocycles. The van der Waals surface area contributed by atoms with Gasteiger partial charge in [-0.15, -0.1) is 0 Å². The van der Waals surface area contributed by atoms with E-state index in [1.807, 2.05) is 18.2 Å². The zero-order valence-corrected chi connectivity index (χ0v) is 23.1. The topological polar surface area (TPSA) is 97.5 Å². The monoisotopic (exact) mass is 528 g/mol. The molecule has 1 aliphatic rings. The van der Waals surface area contributed by atoms with Crippen molar-refractivity contribution in [3.8, 4) is 17.2 Å². The van der Waals surface area contributed by atoms with E-state index < -0.39 is 5.97 Å². The minimum absolute atomic E-state index is 0.0227. The van der Waals surface area contributed by atoms with Gasteiger partial charge >= 0.3 is 5.97 Å². The fourth-order valence-corrected chi connectivity index (χ4v) is 4.79. The lowest BCUT2D eigenvalue weighted by atomic mass is 9.87. The van der Waals surface area contributed by atoms with Crippen LogP contribution in [-0.4, -0.2) is 39.5 Å². The van der Waals surface area contributed by atoms with Crippen LogP contribution >= 0.6 is 0 Å². The Balaban J connectivity index is 1.50. The third-order valence-electron chi connectivity index (χ3n) is 6.97. The lowest BCUT2D eigenvalue weighted by Crippen LogP contribution is -2.27. The number of ether oxygens (including phenoxy) is 3. The van der Waals surface area contributed by atoms with E-state index in [0.717, 1.165) is 29.5 Å². The third kappa shape index (κ3) is 4.92. The standard InChI is InChI=1S/C30H32N4O5/c1-30(2,3)21-11-9-19(10-12-21)29(36)39-25-23(37-5)15-18(16-24(25)38-6)14-20-8-7-13-34-26(20)32-27-22(28(34)35)17-31-33(27)4/h9-12,14-17H,7-8,13H2,1-6H3/b20-14+. The average Bonchev–Trinajstić information content (AvgIpc) is 3.30. The highest BCUT2D eigenvalue weighted by Gasteiger charge is 2.23. The fourth-order valence-electron chi connectivity index (χ4n) is 4.79. The molecule has 0 saturated heterocycles. The molecule has 5 rings (SSSR count). The van der Waals surface area contributed by atoms with Crippen molar-refractivity contribution in [3.05, 3.63) is 75.5 Å². The van der Waals surface area contributed by atoms with Gasteiger partial charge in [-0.2, -0.15) is 5.10 Å². The van der Waals surface area contributed by atoms with Crippen LogP contribution in [0.25, 0.3) is 22.7 Å². The zero-order valence-electron chi connectivity index (χ0n) is 23.1. The van der Waals surface area contributed by atoms with Crippen molar-refractivity contribution in [2.75, 3.05) is 14.2 Å². The van der Waals surface area contributed by atoms with Gasteiger partial charge in [-0.05, 0) is 65.3 Å². The van der Waals surface area contributed by atoms with Crippen LogP contribution in [0.2, 0.25) is 0 Å². The van der Waals surface area contributed by atoms with E-state index in [4.69, 9.17) is 19.2 Å². The lowest BCUT2D eigenvalue weighted by molar-refractivity contribution is 0.0724. The minimum Gasteiger partial charge on any atom is -0.493 e. The van der Waals surface area contributed by atoms with Gasteiger partial charge in [-0.1, -0.05) is 32.9 Å². The van der Waals surface area contributed by atoms with Gasteiger partial charge in [0.15, 0.2) is 17.1 Å². The first kappa shape index (κ1) is 26.2. The Morgan fingerprint density at radius 2 is 1.72 bits per heavy atom. The number of fused-ring (bicyclic) bond motifs is 2. The van der Waals surface area contributed by atoms with Crippen molar-refractivity contribution in [2.45, 2.75) is 45.6 Å². The Labute approximate surface area is 226 Å². The Morgan fingerprint density at radius 3 is 2.33 bits per heavy atom. The van der Waals surface area contributed by atoms with E-state index in [2.05, 4.69) is 25.9 Å². The van der Waals surface area contributed by atoms with Crippen LogP contribution < -0.4 is 19.8 Å². The molecule has 0 aliphatic carbocycles. The van der Waals surface area contributed by atoms with Crippen LogP contribution in [0, 0.1) is 0 Å². The molecule has 2 aromatic heterocycles. The molecule has 0 unspecified atom stereocenters. The SMILES string of the molecule is COc1cc(/C=C2\CCCn3c2nc2c(cnn2C)c3=O)cc(OC)c1OC(=O)c1ccc(C(C)(C)C)cc1. The van der Waals surface area contributed by atoms with Crippen molar-refractivity contribution < 1.29 is 19.0 Å². The number of esters is 1. The molecule has 9 nitrogen and oxygen atoms in total. The molecule has 0 bridgehead atoms. The summed E-state index contributed by atoms with van der Waals surface area (Å²) in [5.41, 5.74) is 3.65. The molecule has 202 valence electrons. The number of benzene rings is 2. The van der Waals surface area contributed by atoms with Gasteiger partial charge in [0.1, 0.15) is 11.2 Å². The summed E-state index contributed by atoms with van der Waals surface area (Å²) in [4.78, 5) is 30.8. The molecule has 0 saturated carbocycles. The number of allylic oxidation sites excluding steroid dienone is 1. The summed E-state index contributed by atoms with van der Waals surface area (Å²) in [5.74, 6) is 1.01. The molecule has 0 fully saturated rings. The van der Waals surface area contributed by atoms with E-state index in [-0.39, 0.29) is 16.7 Å². The average molecular weight is 529 g/mol. The van der Waals surface area contributed by atoms with E-state index in [1.54, 1.807) is 46.8 Å². The highest BCUT2D eigenvalue weighted by molar-refractivity contribution is 5.92. The van der Waals surface area contributed by atoms with E-state index in [9.17, 15) is 9.59 Å². The van der Waals surface area contributed by atoms with Gasteiger partial charge in [0.25, 0.3) is 5.56 Å². The minimum atomic E-state index is -0.511. The van der Waals surface area contributed by atoms with Crippen LogP contribution in [-0.2, 0) is 19.0 Å². The van der Waals surface area contributed by atoms with Crippen LogP contribution in [0.15, 0.2) is 47.4 Å². The molecule has 3 heterocycles. The molecule has 0 spiro atoms. The molecule has 39 heavy (non-hydrogen) atoms. The number of hydrogen-bond donors (Lipinski definition) is 0. The quantitative estimate of drug-likeness (QED) is 0.266. The van der Waals surface area contributed by atoms with Crippen LogP contribution in [0.1, 0.15) is 60.9 Å². The summed E-state index contributed by atoms with van der Waals surface area (Å²) in [6.45, 7) is 6.95. The molecule has 0 atom stereocenters. The summed E-state index contributed by atoms with van der Waals surface area (Å²) in [6.07, 6.45) is 5.08. The molecule has 1 aliphatic heterocycles. The summed E-state index contributed by atoms with van der Waals surface area (Å²) < 4.78 is 20.3. The first-order chi connectivity index (χ1) is 18.6. The van der Waals surface area contributed by atoms with Crippen molar-refractivity contribution in [2.24, 2.45) is 7.05 Å². The van der Waals surface area contributed by atoms with Crippen molar-refractivity contribution in [1.82, 2.24) is 19.3 Å². The highest BCUT2D eigenvalue weighted by Crippen LogP contribution is 2.40. The van der Waals surface area contributed by atoms with Gasteiger partial charge in [-0.3, -0.25) is 14.0 Å². The van der Waals surface area contributed by atoms with Crippen molar-refractivity contribution >= 4 is 28.7 Å². The normalized spacial score (nSPS) is 14.4. The number of nitrogens with zero attached hydrogens (tertiary/aromatic N) is 4. The largest absolute Gasteiger partial charge is 0.493 e. The maximum Gasteiger partial charge on any atom is 0.343 e. The second kappa shape index (κ2) is 10.1. The predicted octanol–water partition coefficient (Wildman–Crippen LogP) is 5.00. The molecule has 0 amide bonds. The number of carbonyl (C=O) groups is 1. The summed E-state index contributed by atoms with van der Waals surface area (Å²) >= 11 is 0. The maximum absolute atomic E-state index is 13.1. The number of carbonyl (C=O) groups excluding carboxylic acids is 1. The van der Waals surface area contributed by atoms with Crippen LogP contribution in [0.5, 0.6) is 17.2 Å². The highest BCUT2D eigenvalue weighted by atomic mass is 16.6. The maximum atomic E-state index is 13.1. The second-order valence-electron chi connectivity index (χ2n) is 10.6. The Kier molecular flexibility index (Phi) is 6.76. The van der Waals surface area contributed by atoms with E-state index in [1.165, 1.54) is 14.2 Å². The van der Waals surface area contributed by atoms with Crippen molar-refractivity contribution in [1.29, 1.82) is 0 Å². The molecule has 4 aromatic rings. The Morgan fingerprint density at radius 1 is 1.05 bits per heavy atom. The molecule has 9 heteroatoms. The lowest BCUT2D eigenvalue weighted by Gasteiger charge is -2.21. The number of aromatic nitrogens is 4. The third-order valence-corrected chi connectivity index (χ3v) is 6.97. The van der Waals surface area contributed by atoms with Crippen LogP contribution in [0.4, 0.5) is 0 Å². The first-order valence-electron chi connectivity index (χ1n) is 12.8. The summed E-state index contributed by atoms with van der Waals surface area (Å²) in [6, 6.07) is 10.9. The Hall–Kier alpha value is -4.40. The van der Waals surface area contributed by atoms with Gasteiger partial charge < -0.3 is 14.2 Å². The smallest absolute Gasteiger partial charge is 0.343 e. The number of rotatable bonds is 5. The predicted molar refractivity (Wildman–Crippen MR) is 150 cm³/mol. The van der Waals surface area contributed by atoms with Gasteiger partial charge in [0.2, 0.25) is 5.75 Å². The van der Waals surface area contributed by atoms with Crippen LogP contribution in [0.3, 0.4) is 0 Å².